The van der Waals surface area contributed by atoms with E-state index in [1.165, 1.54) is 0 Å². The number of guanidine groups is 2. The van der Waals surface area contributed by atoms with Gasteiger partial charge in [0.2, 0.25) is 5.96 Å². The van der Waals surface area contributed by atoms with Crippen LogP contribution in [0, 0.1) is 19.3 Å². The van der Waals surface area contributed by atoms with Crippen molar-refractivity contribution in [1.82, 2.24) is 5.32 Å². The average molecular weight is 242 g/mol. The zero-order valence-electron chi connectivity index (χ0n) is 9.24. The van der Waals surface area contributed by atoms with Gasteiger partial charge >= 0.3 is 0 Å². The molecule has 0 aliphatic carbocycles. The summed E-state index contributed by atoms with van der Waals surface area (Å²) >= 11 is 0. The summed E-state index contributed by atoms with van der Waals surface area (Å²) in [7, 11) is 0. The summed E-state index contributed by atoms with van der Waals surface area (Å²) in [6.45, 7) is 3.97. The van der Waals surface area contributed by atoms with Gasteiger partial charge in [0.15, 0.2) is 5.96 Å². The van der Waals surface area contributed by atoms with Crippen LogP contribution in [0.5, 0.6) is 0 Å². The molecule has 0 spiro atoms. The third-order valence-electron chi connectivity index (χ3n) is 1.72. The Morgan fingerprint density at radius 1 is 1.19 bits per heavy atom. The maximum absolute atomic E-state index is 6.98. The predicted octanol–water partition coefficient (Wildman–Crippen LogP) is 1.15. The van der Waals surface area contributed by atoms with Crippen LogP contribution in [-0.4, -0.2) is 11.9 Å². The molecule has 6 N–H and O–H groups in total. The molecule has 0 aliphatic heterocycles. The minimum Gasteiger partial charge on any atom is -0.370 e. The summed E-state index contributed by atoms with van der Waals surface area (Å²) in [5.74, 6) is -0.104. The third-order valence-corrected chi connectivity index (χ3v) is 1.72. The molecule has 0 bridgehead atoms. The van der Waals surface area contributed by atoms with Gasteiger partial charge in [-0.05, 0) is 37.1 Å². The highest BCUT2D eigenvalue weighted by atomic mass is 35.5. The Kier molecular flexibility index (Phi) is 5.32. The quantitative estimate of drug-likeness (QED) is 0.438. The van der Waals surface area contributed by atoms with Gasteiger partial charge in [-0.3, -0.25) is 10.7 Å². The molecule has 1 rings (SSSR count). The normalized spacial score (nSPS) is 10.5. The topological polar surface area (TPSA) is 100 Å². The minimum atomic E-state index is -0.222. The zero-order chi connectivity index (χ0) is 11.4. The zero-order valence-corrected chi connectivity index (χ0v) is 10.1. The first kappa shape index (κ1) is 14.2. The van der Waals surface area contributed by atoms with Crippen LogP contribution < -0.4 is 16.8 Å². The molecule has 0 atom stereocenters. The Labute approximate surface area is 101 Å². The van der Waals surface area contributed by atoms with Crippen molar-refractivity contribution in [2.24, 2.45) is 16.5 Å². The second-order valence-electron chi connectivity index (χ2n) is 3.38. The molecule has 0 saturated carbocycles. The average Bonchev–Trinajstić information content (AvgIpc) is 1.98. The van der Waals surface area contributed by atoms with E-state index in [1.807, 2.05) is 32.0 Å². The second kappa shape index (κ2) is 5.97. The van der Waals surface area contributed by atoms with Crippen molar-refractivity contribution < 1.29 is 0 Å². The van der Waals surface area contributed by atoms with Crippen LogP contribution in [0.2, 0.25) is 0 Å². The lowest BCUT2D eigenvalue weighted by Gasteiger charge is -2.03. The molecular weight excluding hydrogens is 226 g/mol. The Hall–Kier alpha value is -1.75. The molecule has 0 heterocycles. The molecule has 88 valence electrons. The van der Waals surface area contributed by atoms with E-state index in [9.17, 15) is 0 Å². The van der Waals surface area contributed by atoms with Crippen LogP contribution in [-0.2, 0) is 0 Å². The van der Waals surface area contributed by atoms with Crippen molar-refractivity contribution >= 4 is 30.0 Å². The molecular formula is C10H16ClN5. The van der Waals surface area contributed by atoms with Crippen molar-refractivity contribution in [2.45, 2.75) is 13.8 Å². The number of hydrogen-bond donors (Lipinski definition) is 4. The Morgan fingerprint density at radius 2 is 1.69 bits per heavy atom. The van der Waals surface area contributed by atoms with Crippen LogP contribution in [0.3, 0.4) is 0 Å². The number of rotatable bonds is 1. The number of hydrogen-bond acceptors (Lipinski definition) is 2. The molecule has 6 heteroatoms. The van der Waals surface area contributed by atoms with E-state index in [0.29, 0.717) is 0 Å². The van der Waals surface area contributed by atoms with Gasteiger partial charge in [-0.15, -0.1) is 12.4 Å². The highest BCUT2D eigenvalue weighted by Gasteiger charge is 1.96. The Morgan fingerprint density at radius 3 is 2.12 bits per heavy atom. The SMILES string of the molecule is Cc1cc(C)cc(N=C(N)NC(=N)N)c1.Cl. The molecule has 5 nitrogen and oxygen atoms in total. The Balaban J connectivity index is 0.00000225. The Bertz CT molecular complexity index is 393. The lowest BCUT2D eigenvalue weighted by atomic mass is 10.1. The predicted molar refractivity (Wildman–Crippen MR) is 69.5 cm³/mol. The molecule has 1 aromatic rings. The minimum absolute atomic E-state index is 0. The highest BCUT2D eigenvalue weighted by Crippen LogP contribution is 2.16. The summed E-state index contributed by atoms with van der Waals surface area (Å²) in [6, 6.07) is 5.86. The van der Waals surface area contributed by atoms with E-state index in [-0.39, 0.29) is 24.3 Å². The summed E-state index contributed by atoms with van der Waals surface area (Å²) in [6.07, 6.45) is 0. The fourth-order valence-electron chi connectivity index (χ4n) is 1.32. The molecule has 0 saturated heterocycles. The number of nitrogens with zero attached hydrogens (tertiary/aromatic N) is 1. The second-order valence-corrected chi connectivity index (χ2v) is 3.38. The van der Waals surface area contributed by atoms with E-state index < -0.39 is 0 Å². The van der Waals surface area contributed by atoms with Gasteiger partial charge in [0.1, 0.15) is 0 Å². The fourth-order valence-corrected chi connectivity index (χ4v) is 1.32. The molecule has 0 aromatic heterocycles. The number of nitrogens with two attached hydrogens (primary N) is 2. The van der Waals surface area contributed by atoms with Crippen LogP contribution >= 0.6 is 12.4 Å². The smallest absolute Gasteiger partial charge is 0.200 e. The number of benzene rings is 1. The first-order valence-corrected chi connectivity index (χ1v) is 4.51. The molecule has 0 aliphatic rings. The molecule has 0 unspecified atom stereocenters. The number of halogens is 1. The van der Waals surface area contributed by atoms with Gasteiger partial charge in [0, 0.05) is 0 Å². The van der Waals surface area contributed by atoms with E-state index in [4.69, 9.17) is 16.9 Å². The van der Waals surface area contributed by atoms with Crippen molar-refractivity contribution in [3.8, 4) is 0 Å². The van der Waals surface area contributed by atoms with Crippen molar-refractivity contribution in [2.75, 3.05) is 0 Å². The monoisotopic (exact) mass is 241 g/mol. The number of nitrogens with one attached hydrogen (secondary N) is 2. The standard InChI is InChI=1S/C10H15N5.ClH/c1-6-3-7(2)5-8(4-6)14-10(13)15-9(11)12;/h3-5H,1-2H3,(H6,11,12,13,14,15);1H. The van der Waals surface area contributed by atoms with E-state index in [0.717, 1.165) is 16.8 Å². The van der Waals surface area contributed by atoms with Crippen molar-refractivity contribution in [1.29, 1.82) is 5.41 Å². The maximum atomic E-state index is 6.98. The maximum Gasteiger partial charge on any atom is 0.200 e. The largest absolute Gasteiger partial charge is 0.370 e. The van der Waals surface area contributed by atoms with E-state index >= 15 is 0 Å². The highest BCUT2D eigenvalue weighted by molar-refractivity contribution is 5.96. The van der Waals surface area contributed by atoms with Crippen LogP contribution in [0.15, 0.2) is 23.2 Å². The summed E-state index contributed by atoms with van der Waals surface area (Å²) in [5, 5.41) is 9.40. The summed E-state index contributed by atoms with van der Waals surface area (Å²) in [4.78, 5) is 4.08. The van der Waals surface area contributed by atoms with Gasteiger partial charge in [-0.25, -0.2) is 4.99 Å². The van der Waals surface area contributed by atoms with Gasteiger partial charge in [-0.1, -0.05) is 6.07 Å². The lowest BCUT2D eigenvalue weighted by Crippen LogP contribution is -2.40. The van der Waals surface area contributed by atoms with Gasteiger partial charge in [0.25, 0.3) is 0 Å². The summed E-state index contributed by atoms with van der Waals surface area (Å²) < 4.78 is 0. The summed E-state index contributed by atoms with van der Waals surface area (Å²) in [5.41, 5.74) is 13.6. The molecule has 0 amide bonds. The van der Waals surface area contributed by atoms with Crippen molar-refractivity contribution in [3.05, 3.63) is 29.3 Å². The van der Waals surface area contributed by atoms with Crippen LogP contribution in [0.25, 0.3) is 0 Å². The van der Waals surface area contributed by atoms with Crippen LogP contribution in [0.1, 0.15) is 11.1 Å². The van der Waals surface area contributed by atoms with Gasteiger partial charge in [-0.2, -0.15) is 0 Å². The number of aliphatic imine (C=N–C) groups is 1. The first-order chi connectivity index (χ1) is 6.97. The third kappa shape index (κ3) is 4.65. The lowest BCUT2D eigenvalue weighted by molar-refractivity contribution is 1.20. The molecule has 16 heavy (non-hydrogen) atoms. The van der Waals surface area contributed by atoms with Gasteiger partial charge < -0.3 is 11.5 Å². The van der Waals surface area contributed by atoms with Crippen molar-refractivity contribution in [3.63, 3.8) is 0 Å². The van der Waals surface area contributed by atoms with E-state index in [1.54, 1.807) is 0 Å². The molecule has 0 fully saturated rings. The molecule has 1 aromatic carbocycles. The van der Waals surface area contributed by atoms with Crippen LogP contribution in [0.4, 0.5) is 5.69 Å². The first-order valence-electron chi connectivity index (χ1n) is 4.51. The fraction of sp³-hybridized carbons (Fsp3) is 0.200. The molecule has 0 radical (unpaired) electrons. The van der Waals surface area contributed by atoms with Gasteiger partial charge in [0.05, 0.1) is 5.69 Å². The number of aryl methyl sites for hydroxylation is 2. The van der Waals surface area contributed by atoms with E-state index in [2.05, 4.69) is 10.3 Å².